The van der Waals surface area contributed by atoms with Crippen LogP contribution in [0.4, 0.5) is 0 Å². The van der Waals surface area contributed by atoms with Crippen molar-refractivity contribution in [3.63, 3.8) is 0 Å². The van der Waals surface area contributed by atoms with Crippen molar-refractivity contribution in [2.24, 2.45) is 5.10 Å². The number of ether oxygens (including phenoxy) is 2. The predicted octanol–water partition coefficient (Wildman–Crippen LogP) is 5.63. The number of rotatable bonds is 10. The van der Waals surface area contributed by atoms with Crippen LogP contribution in [0.3, 0.4) is 0 Å². The lowest BCUT2D eigenvalue weighted by atomic mass is 10.1. The van der Waals surface area contributed by atoms with E-state index in [0.29, 0.717) is 32.1 Å². The summed E-state index contributed by atoms with van der Waals surface area (Å²) in [5, 5.41) is 13.8. The number of benzene rings is 3. The molecule has 1 amide bonds. The highest BCUT2D eigenvalue weighted by atomic mass is 79.9. The summed E-state index contributed by atoms with van der Waals surface area (Å²) >= 11 is 10.7. The van der Waals surface area contributed by atoms with E-state index in [-0.39, 0.29) is 23.8 Å². The molecule has 0 spiro atoms. The summed E-state index contributed by atoms with van der Waals surface area (Å²) in [6, 6.07) is 17.2. The summed E-state index contributed by atoms with van der Waals surface area (Å²) in [4.78, 5) is 24.1. The number of hydrazone groups is 1. The van der Waals surface area contributed by atoms with E-state index in [1.807, 2.05) is 12.1 Å². The molecule has 0 atom stereocenters. The third-order valence-corrected chi connectivity index (χ3v) is 6.25. The van der Waals surface area contributed by atoms with Gasteiger partial charge in [-0.3, -0.25) is 4.79 Å². The average Bonchev–Trinajstić information content (AvgIpc) is 2.83. The van der Waals surface area contributed by atoms with E-state index in [9.17, 15) is 9.59 Å². The van der Waals surface area contributed by atoms with Gasteiger partial charge in [0, 0.05) is 9.92 Å². The minimum atomic E-state index is -1.00. The van der Waals surface area contributed by atoms with E-state index < -0.39 is 5.97 Å². The number of methoxy groups -OCH3 is 1. The number of carbonyl (C=O) groups excluding carboxylic acids is 1. The SMILES string of the molecule is COc1cc(/C=N\NC(=O)CSc2ccc(Cl)cc2)cc(Br)c1OCc1cccc(C(=O)O)c1. The summed E-state index contributed by atoms with van der Waals surface area (Å²) in [5.41, 5.74) is 4.06. The minimum Gasteiger partial charge on any atom is -0.493 e. The fourth-order valence-corrected chi connectivity index (χ4v) is 4.19. The molecule has 0 aliphatic carbocycles. The van der Waals surface area contributed by atoms with Gasteiger partial charge in [0.1, 0.15) is 6.61 Å². The Balaban J connectivity index is 1.59. The van der Waals surface area contributed by atoms with Gasteiger partial charge in [-0.15, -0.1) is 11.8 Å². The van der Waals surface area contributed by atoms with Crippen molar-refractivity contribution in [2.45, 2.75) is 11.5 Å². The molecule has 3 aromatic rings. The van der Waals surface area contributed by atoms with Gasteiger partial charge in [0.25, 0.3) is 0 Å². The smallest absolute Gasteiger partial charge is 0.335 e. The molecule has 3 rings (SSSR count). The maximum absolute atomic E-state index is 12.0. The first-order valence-electron chi connectivity index (χ1n) is 9.88. The number of carboxylic acids is 1. The molecule has 0 fully saturated rings. The number of carboxylic acid groups (broad SMARTS) is 1. The second-order valence-corrected chi connectivity index (χ2v) is 9.20. The van der Waals surface area contributed by atoms with Crippen LogP contribution in [-0.2, 0) is 11.4 Å². The van der Waals surface area contributed by atoms with Crippen molar-refractivity contribution in [2.75, 3.05) is 12.9 Å². The zero-order valence-electron chi connectivity index (χ0n) is 18.0. The first kappa shape index (κ1) is 25.6. The maximum Gasteiger partial charge on any atom is 0.335 e. The second kappa shape index (κ2) is 12.5. The Bertz CT molecular complexity index is 1200. The minimum absolute atomic E-state index is 0.158. The van der Waals surface area contributed by atoms with Gasteiger partial charge < -0.3 is 14.6 Å². The van der Waals surface area contributed by atoms with Crippen LogP contribution in [0.25, 0.3) is 0 Å². The van der Waals surface area contributed by atoms with Gasteiger partial charge in [0.15, 0.2) is 11.5 Å². The highest BCUT2D eigenvalue weighted by molar-refractivity contribution is 9.10. The summed E-state index contributed by atoms with van der Waals surface area (Å²) < 4.78 is 11.9. The Morgan fingerprint density at radius 3 is 2.65 bits per heavy atom. The lowest BCUT2D eigenvalue weighted by Crippen LogP contribution is -2.19. The highest BCUT2D eigenvalue weighted by Gasteiger charge is 2.12. The quantitative estimate of drug-likeness (QED) is 0.188. The first-order chi connectivity index (χ1) is 16.4. The normalized spacial score (nSPS) is 10.8. The fourth-order valence-electron chi connectivity index (χ4n) is 2.79. The lowest BCUT2D eigenvalue weighted by Gasteiger charge is -2.14. The summed E-state index contributed by atoms with van der Waals surface area (Å²) in [7, 11) is 1.51. The molecule has 0 aliphatic rings. The topological polar surface area (TPSA) is 97.2 Å². The van der Waals surface area contributed by atoms with Crippen molar-refractivity contribution in [3.05, 3.63) is 86.8 Å². The van der Waals surface area contributed by atoms with E-state index in [4.69, 9.17) is 26.2 Å². The van der Waals surface area contributed by atoms with E-state index >= 15 is 0 Å². The van der Waals surface area contributed by atoms with Crippen LogP contribution in [-0.4, -0.2) is 36.1 Å². The van der Waals surface area contributed by atoms with Gasteiger partial charge >= 0.3 is 5.97 Å². The monoisotopic (exact) mass is 562 g/mol. The number of halogens is 2. The molecule has 0 radical (unpaired) electrons. The molecule has 7 nitrogen and oxygen atoms in total. The number of aromatic carboxylic acids is 1. The third kappa shape index (κ3) is 7.51. The van der Waals surface area contributed by atoms with Crippen molar-refractivity contribution in [3.8, 4) is 11.5 Å². The van der Waals surface area contributed by atoms with E-state index in [0.717, 1.165) is 4.90 Å². The number of amides is 1. The number of hydrogen-bond acceptors (Lipinski definition) is 6. The lowest BCUT2D eigenvalue weighted by molar-refractivity contribution is -0.118. The number of nitrogens with one attached hydrogen (secondary N) is 1. The zero-order chi connectivity index (χ0) is 24.5. The average molecular weight is 564 g/mol. The van der Waals surface area contributed by atoms with E-state index in [1.54, 1.807) is 42.5 Å². The van der Waals surface area contributed by atoms with Crippen LogP contribution in [0.15, 0.2) is 75.1 Å². The second-order valence-electron chi connectivity index (χ2n) is 6.86. The molecule has 3 aromatic carbocycles. The Hall–Kier alpha value is -3.01. The van der Waals surface area contributed by atoms with Gasteiger partial charge in [-0.2, -0.15) is 5.10 Å². The highest BCUT2D eigenvalue weighted by Crippen LogP contribution is 2.37. The number of carbonyl (C=O) groups is 2. The number of nitrogens with zero attached hydrogens (tertiary/aromatic N) is 1. The molecule has 0 aromatic heterocycles. The molecule has 0 saturated carbocycles. The van der Waals surface area contributed by atoms with Gasteiger partial charge in [-0.25, -0.2) is 10.2 Å². The number of thioether (sulfide) groups is 1. The van der Waals surface area contributed by atoms with Crippen LogP contribution in [0.1, 0.15) is 21.5 Å². The predicted molar refractivity (Wildman–Crippen MR) is 136 cm³/mol. The summed E-state index contributed by atoms with van der Waals surface area (Å²) in [6.45, 7) is 0.158. The molecule has 176 valence electrons. The van der Waals surface area contributed by atoms with Gasteiger partial charge in [0.05, 0.1) is 29.1 Å². The van der Waals surface area contributed by atoms with Crippen LogP contribution in [0.5, 0.6) is 11.5 Å². The van der Waals surface area contributed by atoms with Crippen LogP contribution >= 0.6 is 39.3 Å². The summed E-state index contributed by atoms with van der Waals surface area (Å²) in [5.74, 6) is -0.119. The van der Waals surface area contributed by atoms with Crippen molar-refractivity contribution in [1.29, 1.82) is 0 Å². The maximum atomic E-state index is 12.0. The third-order valence-electron chi connectivity index (χ3n) is 4.40. The van der Waals surface area contributed by atoms with Crippen molar-refractivity contribution in [1.82, 2.24) is 5.43 Å². The molecule has 0 bridgehead atoms. The standard InChI is InChI=1S/C24H20BrClN2O5S/c1-32-21-11-16(12-27-28-22(29)14-34-19-7-5-18(26)6-8-19)10-20(25)23(21)33-13-15-3-2-4-17(9-15)24(30)31/h2-12H,13-14H2,1H3,(H,28,29)(H,30,31)/b27-12-. The molecular weight excluding hydrogens is 544 g/mol. The van der Waals surface area contributed by atoms with Crippen LogP contribution in [0, 0.1) is 0 Å². The zero-order valence-corrected chi connectivity index (χ0v) is 21.1. The largest absolute Gasteiger partial charge is 0.493 e. The van der Waals surface area contributed by atoms with Gasteiger partial charge in [-0.05, 0) is 75.6 Å². The Kier molecular flexibility index (Phi) is 9.38. The van der Waals surface area contributed by atoms with Crippen LogP contribution < -0.4 is 14.9 Å². The first-order valence-corrected chi connectivity index (χ1v) is 12.0. The molecule has 2 N–H and O–H groups in total. The number of hydrogen-bond donors (Lipinski definition) is 2. The van der Waals surface area contributed by atoms with Crippen molar-refractivity contribution >= 4 is 57.4 Å². The molecule has 0 saturated heterocycles. The van der Waals surface area contributed by atoms with Gasteiger partial charge in [0.2, 0.25) is 5.91 Å². The molecule has 10 heteroatoms. The Morgan fingerprint density at radius 2 is 1.94 bits per heavy atom. The molecule has 0 aliphatic heterocycles. The summed E-state index contributed by atoms with van der Waals surface area (Å²) in [6.07, 6.45) is 1.50. The molecule has 0 heterocycles. The van der Waals surface area contributed by atoms with E-state index in [1.165, 1.54) is 31.2 Å². The van der Waals surface area contributed by atoms with E-state index in [2.05, 4.69) is 26.5 Å². The fraction of sp³-hybridized carbons (Fsp3) is 0.125. The Morgan fingerprint density at radius 1 is 1.18 bits per heavy atom. The molecule has 0 unspecified atom stereocenters. The van der Waals surface area contributed by atoms with Gasteiger partial charge in [-0.1, -0.05) is 23.7 Å². The Labute approximate surface area is 214 Å². The molecule has 34 heavy (non-hydrogen) atoms. The van der Waals surface area contributed by atoms with Crippen molar-refractivity contribution < 1.29 is 24.2 Å². The van der Waals surface area contributed by atoms with Crippen LogP contribution in [0.2, 0.25) is 5.02 Å². The molecular formula is C24H20BrClN2O5S.